The number of aliphatic imine (C=N–C) groups is 1. The summed E-state index contributed by atoms with van der Waals surface area (Å²) in [6.07, 6.45) is 3.53. The summed E-state index contributed by atoms with van der Waals surface area (Å²) in [7, 11) is 3.67. The first-order chi connectivity index (χ1) is 8.67. The number of aromatic nitrogens is 2. The fraction of sp³-hybridized carbons (Fsp3) is 0.455. The van der Waals surface area contributed by atoms with Gasteiger partial charge in [0.2, 0.25) is 5.96 Å². The molecule has 0 saturated heterocycles. The van der Waals surface area contributed by atoms with E-state index in [9.17, 15) is 0 Å². The van der Waals surface area contributed by atoms with Gasteiger partial charge in [-0.05, 0) is 13.0 Å². The predicted molar refractivity (Wildman–Crippen MR) is 70.1 cm³/mol. The van der Waals surface area contributed by atoms with Crippen LogP contribution in [0.25, 0.3) is 0 Å². The Hall–Kier alpha value is -2.36. The average molecular weight is 247 g/mol. The Morgan fingerprint density at radius 1 is 1.61 bits per heavy atom. The van der Waals surface area contributed by atoms with Gasteiger partial charge >= 0.3 is 0 Å². The third-order valence-electron chi connectivity index (χ3n) is 2.32. The van der Waals surface area contributed by atoms with Crippen LogP contribution >= 0.6 is 0 Å². The van der Waals surface area contributed by atoms with E-state index in [1.54, 1.807) is 13.2 Å². The van der Waals surface area contributed by atoms with E-state index in [-0.39, 0.29) is 0 Å². The van der Waals surface area contributed by atoms with Gasteiger partial charge in [-0.3, -0.25) is 10.3 Å². The Kier molecular flexibility index (Phi) is 5.38. The highest BCUT2D eigenvalue weighted by atomic mass is 15.2. The number of nitriles is 1. The maximum absolute atomic E-state index is 8.48. The van der Waals surface area contributed by atoms with Gasteiger partial charge in [0.25, 0.3) is 0 Å². The molecule has 0 spiro atoms. The second-order valence-electron chi connectivity index (χ2n) is 3.69. The summed E-state index contributed by atoms with van der Waals surface area (Å²) in [6.45, 7) is 3.20. The number of guanidine groups is 1. The van der Waals surface area contributed by atoms with Gasteiger partial charge in [-0.2, -0.15) is 15.5 Å². The molecule has 0 aromatic carbocycles. The lowest BCUT2D eigenvalue weighted by atomic mass is 10.3. The maximum Gasteiger partial charge on any atom is 0.204 e. The Morgan fingerprint density at radius 3 is 3.00 bits per heavy atom. The van der Waals surface area contributed by atoms with Crippen LogP contribution in [-0.4, -0.2) is 43.3 Å². The van der Waals surface area contributed by atoms with Crippen LogP contribution in [0, 0.1) is 18.4 Å². The summed E-state index contributed by atoms with van der Waals surface area (Å²) < 4.78 is 0. The molecule has 0 unspecified atom stereocenters. The van der Waals surface area contributed by atoms with Crippen molar-refractivity contribution < 1.29 is 0 Å². The van der Waals surface area contributed by atoms with Crippen molar-refractivity contribution in [1.29, 1.82) is 5.26 Å². The quantitative estimate of drug-likeness (QED) is 0.333. The van der Waals surface area contributed by atoms with E-state index in [0.29, 0.717) is 12.5 Å². The standard InChI is InChI=1S/C11H17N7/c1-9-6-10(7-16-17-9)18(3)5-4-14-11(13-2)15-8-12/h6-7H,4-5H2,1-3H3,(H2,13,14,15). The van der Waals surface area contributed by atoms with Crippen LogP contribution in [0.3, 0.4) is 0 Å². The van der Waals surface area contributed by atoms with E-state index in [2.05, 4.69) is 25.8 Å². The monoisotopic (exact) mass is 247 g/mol. The molecule has 1 aromatic rings. The number of nitrogens with one attached hydrogen (secondary N) is 2. The predicted octanol–water partition coefficient (Wildman–Crippen LogP) is -0.133. The van der Waals surface area contributed by atoms with Crippen molar-refractivity contribution in [2.45, 2.75) is 6.92 Å². The minimum absolute atomic E-state index is 0.468. The number of anilines is 1. The van der Waals surface area contributed by atoms with E-state index in [4.69, 9.17) is 5.26 Å². The summed E-state index contributed by atoms with van der Waals surface area (Å²) >= 11 is 0. The van der Waals surface area contributed by atoms with Crippen molar-refractivity contribution in [1.82, 2.24) is 20.8 Å². The largest absolute Gasteiger partial charge is 0.371 e. The fourth-order valence-corrected chi connectivity index (χ4v) is 1.34. The number of nitrogens with zero attached hydrogens (tertiary/aromatic N) is 5. The van der Waals surface area contributed by atoms with Crippen LogP contribution < -0.4 is 15.5 Å². The second-order valence-corrected chi connectivity index (χ2v) is 3.69. The van der Waals surface area contributed by atoms with Crippen molar-refractivity contribution in [3.8, 4) is 6.19 Å². The summed E-state index contributed by atoms with van der Waals surface area (Å²) in [6, 6.07) is 1.96. The summed E-state index contributed by atoms with van der Waals surface area (Å²) in [5.74, 6) is 0.468. The molecule has 96 valence electrons. The van der Waals surface area contributed by atoms with Gasteiger partial charge in [0.05, 0.1) is 24.1 Å². The third-order valence-corrected chi connectivity index (χ3v) is 2.32. The lowest BCUT2D eigenvalue weighted by Crippen LogP contribution is -2.32. The number of rotatable bonds is 4. The lowest BCUT2D eigenvalue weighted by Gasteiger charge is -2.17. The zero-order chi connectivity index (χ0) is 13.4. The molecule has 0 aliphatic heterocycles. The van der Waals surface area contributed by atoms with Gasteiger partial charge in [-0.1, -0.05) is 0 Å². The Morgan fingerprint density at radius 2 is 2.39 bits per heavy atom. The molecule has 1 heterocycles. The molecule has 0 amide bonds. The SMILES string of the molecule is CNC(=NCCN(C)c1cnnc(C)c1)NC#N. The summed E-state index contributed by atoms with van der Waals surface area (Å²) in [5.41, 5.74) is 1.88. The highest BCUT2D eigenvalue weighted by molar-refractivity contribution is 5.80. The van der Waals surface area contributed by atoms with Crippen LogP contribution in [0.2, 0.25) is 0 Å². The highest BCUT2D eigenvalue weighted by Crippen LogP contribution is 2.09. The molecule has 0 bridgehead atoms. The van der Waals surface area contributed by atoms with Crippen molar-refractivity contribution in [2.24, 2.45) is 4.99 Å². The molecule has 1 aromatic heterocycles. The zero-order valence-corrected chi connectivity index (χ0v) is 10.8. The Balaban J connectivity index is 2.51. The zero-order valence-electron chi connectivity index (χ0n) is 10.8. The maximum atomic E-state index is 8.48. The Bertz CT molecular complexity index is 449. The van der Waals surface area contributed by atoms with E-state index in [0.717, 1.165) is 17.9 Å². The first-order valence-electron chi connectivity index (χ1n) is 5.55. The van der Waals surface area contributed by atoms with Crippen molar-refractivity contribution in [3.63, 3.8) is 0 Å². The molecule has 7 nitrogen and oxygen atoms in total. The normalized spacial score (nSPS) is 10.7. The number of hydrogen-bond donors (Lipinski definition) is 2. The van der Waals surface area contributed by atoms with Gasteiger partial charge in [-0.25, -0.2) is 0 Å². The van der Waals surface area contributed by atoms with Crippen LogP contribution in [-0.2, 0) is 0 Å². The van der Waals surface area contributed by atoms with Crippen LogP contribution in [0.4, 0.5) is 5.69 Å². The second kappa shape index (κ2) is 7.06. The number of likely N-dealkylation sites (N-methyl/N-ethyl adjacent to an activating group) is 1. The average Bonchev–Trinajstić information content (AvgIpc) is 2.37. The van der Waals surface area contributed by atoms with E-state index >= 15 is 0 Å². The minimum atomic E-state index is 0.468. The van der Waals surface area contributed by atoms with Gasteiger partial charge < -0.3 is 10.2 Å². The smallest absolute Gasteiger partial charge is 0.204 e. The summed E-state index contributed by atoms with van der Waals surface area (Å²) in [5, 5.41) is 21.5. The molecular weight excluding hydrogens is 230 g/mol. The van der Waals surface area contributed by atoms with Crippen molar-refractivity contribution in [3.05, 3.63) is 18.0 Å². The lowest BCUT2D eigenvalue weighted by molar-refractivity contribution is 0.858. The van der Waals surface area contributed by atoms with Crippen LogP contribution in [0.15, 0.2) is 17.3 Å². The molecule has 0 radical (unpaired) electrons. The van der Waals surface area contributed by atoms with Crippen molar-refractivity contribution >= 4 is 11.6 Å². The van der Waals surface area contributed by atoms with Gasteiger partial charge in [0.1, 0.15) is 0 Å². The van der Waals surface area contributed by atoms with Gasteiger partial charge in [-0.15, -0.1) is 0 Å². The number of hydrogen-bond acceptors (Lipinski definition) is 5. The first-order valence-corrected chi connectivity index (χ1v) is 5.55. The topological polar surface area (TPSA) is 89.2 Å². The van der Waals surface area contributed by atoms with Gasteiger partial charge in [0, 0.05) is 20.6 Å². The van der Waals surface area contributed by atoms with E-state index in [1.165, 1.54) is 0 Å². The molecule has 0 saturated carbocycles. The minimum Gasteiger partial charge on any atom is -0.371 e. The molecule has 18 heavy (non-hydrogen) atoms. The molecule has 1 rings (SSSR count). The van der Waals surface area contributed by atoms with Crippen LogP contribution in [0.1, 0.15) is 5.69 Å². The molecule has 0 atom stereocenters. The molecule has 7 heteroatoms. The fourth-order valence-electron chi connectivity index (χ4n) is 1.34. The molecule has 0 fully saturated rings. The van der Waals surface area contributed by atoms with E-state index < -0.39 is 0 Å². The highest BCUT2D eigenvalue weighted by Gasteiger charge is 2.01. The first kappa shape index (κ1) is 13.7. The Labute approximate surface area is 107 Å². The number of aryl methyl sites for hydroxylation is 1. The molecular formula is C11H17N7. The third kappa shape index (κ3) is 4.25. The van der Waals surface area contributed by atoms with E-state index in [1.807, 2.05) is 31.1 Å². The van der Waals surface area contributed by atoms with Crippen molar-refractivity contribution in [2.75, 3.05) is 32.1 Å². The molecule has 0 aliphatic carbocycles. The summed E-state index contributed by atoms with van der Waals surface area (Å²) in [4.78, 5) is 6.25. The molecule has 0 aliphatic rings. The van der Waals surface area contributed by atoms with Crippen LogP contribution in [0.5, 0.6) is 0 Å². The molecule has 2 N–H and O–H groups in total. The van der Waals surface area contributed by atoms with Gasteiger partial charge in [0.15, 0.2) is 6.19 Å².